The first kappa shape index (κ1) is 30.7. The van der Waals surface area contributed by atoms with Gasteiger partial charge in [-0.05, 0) is 54.1 Å². The number of carbonyl (C=O) groups excluding carboxylic acids is 2. The Balaban J connectivity index is 1.53. The van der Waals surface area contributed by atoms with Gasteiger partial charge in [-0.25, -0.2) is 4.68 Å². The van der Waals surface area contributed by atoms with Crippen LogP contribution in [-0.2, 0) is 16.1 Å². The summed E-state index contributed by atoms with van der Waals surface area (Å²) < 4.78 is 18.3. The van der Waals surface area contributed by atoms with Crippen molar-refractivity contribution < 1.29 is 23.8 Å². The number of carbonyl (C=O) groups is 2. The predicted molar refractivity (Wildman–Crippen MR) is 178 cm³/mol. The van der Waals surface area contributed by atoms with Gasteiger partial charge in [0.1, 0.15) is 18.1 Å². The van der Waals surface area contributed by atoms with Crippen LogP contribution in [0.5, 0.6) is 17.2 Å². The molecule has 1 aliphatic rings. The first-order chi connectivity index (χ1) is 22.5. The normalized spacial score (nSPS) is 14.3. The van der Waals surface area contributed by atoms with E-state index in [4.69, 9.17) is 19.3 Å². The van der Waals surface area contributed by atoms with Gasteiger partial charge in [0.25, 0.3) is 0 Å². The van der Waals surface area contributed by atoms with Crippen LogP contribution in [0.4, 0.5) is 5.82 Å². The average molecular weight is 636 g/mol. The number of thioether (sulfide) groups is 1. The molecule has 11 heteroatoms. The van der Waals surface area contributed by atoms with Crippen molar-refractivity contribution in [3.05, 3.63) is 114 Å². The molecule has 0 bridgehead atoms. The summed E-state index contributed by atoms with van der Waals surface area (Å²) in [5.74, 6) is 1.99. The van der Waals surface area contributed by atoms with Crippen molar-refractivity contribution in [1.82, 2.24) is 20.1 Å². The van der Waals surface area contributed by atoms with Gasteiger partial charge < -0.3 is 19.5 Å². The highest BCUT2D eigenvalue weighted by Crippen LogP contribution is 2.49. The molecular weight excluding hydrogens is 602 g/mol. The van der Waals surface area contributed by atoms with Gasteiger partial charge in [0, 0.05) is 17.3 Å². The van der Waals surface area contributed by atoms with Crippen molar-refractivity contribution in [3.63, 3.8) is 0 Å². The van der Waals surface area contributed by atoms with Crippen LogP contribution in [0, 0.1) is 0 Å². The zero-order chi connectivity index (χ0) is 32.0. The third-order valence-corrected chi connectivity index (χ3v) is 8.91. The van der Waals surface area contributed by atoms with Gasteiger partial charge >= 0.3 is 0 Å². The van der Waals surface area contributed by atoms with Gasteiger partial charge in [-0.2, -0.15) is 5.10 Å². The van der Waals surface area contributed by atoms with E-state index in [2.05, 4.69) is 10.3 Å². The van der Waals surface area contributed by atoms with Gasteiger partial charge in [-0.3, -0.25) is 19.5 Å². The molecule has 1 atom stereocenters. The summed E-state index contributed by atoms with van der Waals surface area (Å²) in [6, 6.07) is 28.6. The molecule has 0 aliphatic carbocycles. The Morgan fingerprint density at radius 2 is 1.67 bits per heavy atom. The number of methoxy groups -OCH3 is 3. The lowest BCUT2D eigenvalue weighted by atomic mass is 9.99. The van der Waals surface area contributed by atoms with Gasteiger partial charge in [0.05, 0.1) is 56.0 Å². The van der Waals surface area contributed by atoms with E-state index in [1.807, 2.05) is 91.0 Å². The van der Waals surface area contributed by atoms with E-state index in [-0.39, 0.29) is 35.9 Å². The van der Waals surface area contributed by atoms with E-state index in [0.29, 0.717) is 34.4 Å². The summed E-state index contributed by atoms with van der Waals surface area (Å²) in [5.41, 5.74) is 4.73. The lowest BCUT2D eigenvalue weighted by molar-refractivity contribution is -0.123. The molecule has 1 N–H and O–H groups in total. The zero-order valence-electron chi connectivity index (χ0n) is 25.7. The van der Waals surface area contributed by atoms with Crippen LogP contribution < -0.4 is 24.4 Å². The Morgan fingerprint density at radius 1 is 0.913 bits per heavy atom. The van der Waals surface area contributed by atoms with E-state index >= 15 is 0 Å². The van der Waals surface area contributed by atoms with E-state index in [0.717, 1.165) is 22.4 Å². The fraction of sp³-hybridized carbons (Fsp3) is 0.200. The standard InChI is InChI=1S/C35H33N5O5S/c1-43-27-15-13-26(14-16-27)40-35-32(33(38-40)23-9-5-4-6-10-23)34(24-12-17-28(44-2)29(19-24)45-3)46-22-31(42)39(35)21-30(41)37-20-25-11-7-8-18-36-25/h4-19,34H,20-22H2,1-3H3,(H,37,41)/t34-/m1/s1. The molecule has 1 aliphatic heterocycles. The van der Waals surface area contributed by atoms with Crippen molar-refractivity contribution in [1.29, 1.82) is 0 Å². The minimum Gasteiger partial charge on any atom is -0.497 e. The predicted octanol–water partition coefficient (Wildman–Crippen LogP) is 5.45. The molecule has 6 rings (SSSR count). The van der Waals surface area contributed by atoms with Crippen molar-refractivity contribution in [2.45, 2.75) is 11.8 Å². The largest absolute Gasteiger partial charge is 0.497 e. The van der Waals surface area contributed by atoms with Crippen molar-refractivity contribution >= 4 is 29.4 Å². The highest BCUT2D eigenvalue weighted by Gasteiger charge is 2.38. The Morgan fingerprint density at radius 3 is 2.37 bits per heavy atom. The maximum atomic E-state index is 14.0. The minimum atomic E-state index is -0.331. The van der Waals surface area contributed by atoms with Crippen LogP contribution in [-0.4, -0.2) is 60.2 Å². The summed E-state index contributed by atoms with van der Waals surface area (Å²) in [4.78, 5) is 33.3. The molecule has 234 valence electrons. The molecule has 3 aromatic carbocycles. The summed E-state index contributed by atoms with van der Waals surface area (Å²) in [7, 11) is 4.80. The van der Waals surface area contributed by atoms with Crippen molar-refractivity contribution in [2.75, 3.05) is 38.5 Å². The number of benzene rings is 3. The topological polar surface area (TPSA) is 108 Å². The Labute approximate surface area is 271 Å². The minimum absolute atomic E-state index is 0.137. The molecule has 0 saturated carbocycles. The molecule has 0 unspecified atom stereocenters. The van der Waals surface area contributed by atoms with Crippen molar-refractivity contribution in [2.24, 2.45) is 0 Å². The maximum absolute atomic E-state index is 14.0. The fourth-order valence-electron chi connectivity index (χ4n) is 5.40. The van der Waals surface area contributed by atoms with Gasteiger partial charge in [0.15, 0.2) is 11.5 Å². The zero-order valence-corrected chi connectivity index (χ0v) is 26.5. The van der Waals surface area contributed by atoms with Gasteiger partial charge in [-0.1, -0.05) is 42.5 Å². The second kappa shape index (κ2) is 13.8. The first-order valence-corrected chi connectivity index (χ1v) is 15.7. The van der Waals surface area contributed by atoms with Gasteiger partial charge in [0.2, 0.25) is 11.8 Å². The van der Waals surface area contributed by atoms with Crippen LogP contribution >= 0.6 is 11.8 Å². The SMILES string of the molecule is COc1ccc(-n2nc(-c3ccccc3)c3c2N(CC(=O)NCc2ccccn2)C(=O)CS[C@@H]3c2ccc(OC)c(OC)c2)cc1. The second-order valence-corrected chi connectivity index (χ2v) is 11.5. The summed E-state index contributed by atoms with van der Waals surface area (Å²) in [6.07, 6.45) is 1.68. The second-order valence-electron chi connectivity index (χ2n) is 10.4. The molecule has 3 heterocycles. The third kappa shape index (κ3) is 6.27. The maximum Gasteiger partial charge on any atom is 0.240 e. The number of hydrogen-bond acceptors (Lipinski definition) is 8. The van der Waals surface area contributed by atoms with Crippen LogP contribution in [0.1, 0.15) is 22.1 Å². The van der Waals surface area contributed by atoms with E-state index in [1.165, 1.54) is 11.8 Å². The molecular formula is C35H33N5O5S. The summed E-state index contributed by atoms with van der Waals surface area (Å²) >= 11 is 1.48. The highest BCUT2D eigenvalue weighted by atomic mass is 32.2. The number of ether oxygens (including phenoxy) is 3. The van der Waals surface area contributed by atoms with Crippen LogP contribution in [0.25, 0.3) is 16.9 Å². The molecule has 10 nitrogen and oxygen atoms in total. The number of nitrogens with zero attached hydrogens (tertiary/aromatic N) is 4. The highest BCUT2D eigenvalue weighted by molar-refractivity contribution is 8.00. The average Bonchev–Trinajstić information content (AvgIpc) is 3.44. The summed E-state index contributed by atoms with van der Waals surface area (Å²) in [5, 5.41) is 7.73. The number of anilines is 1. The molecule has 5 aromatic rings. The first-order valence-electron chi connectivity index (χ1n) is 14.6. The number of fused-ring (bicyclic) bond motifs is 1. The van der Waals surface area contributed by atoms with E-state index < -0.39 is 0 Å². The number of aromatic nitrogens is 3. The van der Waals surface area contributed by atoms with E-state index in [9.17, 15) is 9.59 Å². The molecule has 2 amide bonds. The van der Waals surface area contributed by atoms with Crippen LogP contribution in [0.3, 0.4) is 0 Å². The van der Waals surface area contributed by atoms with Crippen molar-refractivity contribution in [3.8, 4) is 34.2 Å². The smallest absolute Gasteiger partial charge is 0.240 e. The number of hydrogen-bond donors (Lipinski definition) is 1. The summed E-state index contributed by atoms with van der Waals surface area (Å²) in [6.45, 7) is 0.0402. The number of rotatable bonds is 10. The quantitative estimate of drug-likeness (QED) is 0.216. The number of nitrogens with one attached hydrogen (secondary N) is 1. The molecule has 46 heavy (non-hydrogen) atoms. The lowest BCUT2D eigenvalue weighted by Crippen LogP contribution is -2.42. The van der Waals surface area contributed by atoms with Gasteiger partial charge in [-0.15, -0.1) is 11.8 Å². The van der Waals surface area contributed by atoms with E-state index in [1.54, 1.807) is 37.1 Å². The third-order valence-electron chi connectivity index (χ3n) is 7.66. The monoisotopic (exact) mass is 635 g/mol. The molecule has 2 aromatic heterocycles. The molecule has 0 fully saturated rings. The Bertz CT molecular complexity index is 1830. The molecule has 0 spiro atoms. The Hall–Kier alpha value is -5.29. The Kier molecular flexibility index (Phi) is 9.20. The fourth-order valence-corrected chi connectivity index (χ4v) is 6.59. The number of pyridine rings is 1. The lowest BCUT2D eigenvalue weighted by Gasteiger charge is -2.23. The molecule has 0 saturated heterocycles. The van der Waals surface area contributed by atoms with Crippen LogP contribution in [0.2, 0.25) is 0 Å². The molecule has 0 radical (unpaired) electrons. The van der Waals surface area contributed by atoms with Crippen LogP contribution in [0.15, 0.2) is 97.2 Å². The number of amides is 2.